The predicted octanol–water partition coefficient (Wildman–Crippen LogP) is 3.06. The maximum absolute atomic E-state index is 12.7. The van der Waals surface area contributed by atoms with E-state index in [1.54, 1.807) is 6.07 Å². The fourth-order valence-corrected chi connectivity index (χ4v) is 2.75. The molecule has 1 saturated carbocycles. The maximum Gasteiger partial charge on any atom is 0.416 e. The molecule has 3 N–H and O–H groups in total. The van der Waals surface area contributed by atoms with E-state index in [0.29, 0.717) is 18.1 Å². The summed E-state index contributed by atoms with van der Waals surface area (Å²) in [6, 6.07) is 5.46. The highest BCUT2D eigenvalue weighted by Crippen LogP contribution is 2.29. The lowest BCUT2D eigenvalue weighted by atomic mass is 9.93. The molecule has 1 aromatic carbocycles. The summed E-state index contributed by atoms with van der Waals surface area (Å²) in [4.78, 5) is 4.38. The van der Waals surface area contributed by atoms with Crippen LogP contribution in [0.25, 0.3) is 0 Å². The highest BCUT2D eigenvalue weighted by molar-refractivity contribution is 5.80. The number of nitrogens with zero attached hydrogens (tertiary/aromatic N) is 1. The minimum absolute atomic E-state index is 0.175. The molecule has 1 fully saturated rings. The third kappa shape index (κ3) is 5.70. The summed E-state index contributed by atoms with van der Waals surface area (Å²) in [5, 5.41) is 16.0. The standard InChI is InChI=1S/C17H24F3N3O/c1-2-21-16(23-14-6-8-15(24)9-7-14)22-11-12-4-3-5-13(10-12)17(18,19)20/h3-5,10,14-15,24H,2,6-9,11H2,1H3,(H2,21,22,23). The summed E-state index contributed by atoms with van der Waals surface area (Å²) in [5.74, 6) is 0.594. The van der Waals surface area contributed by atoms with Gasteiger partial charge in [-0.2, -0.15) is 13.2 Å². The van der Waals surface area contributed by atoms with Gasteiger partial charge in [-0.1, -0.05) is 12.1 Å². The Bertz CT molecular complexity index is 552. The second-order valence-corrected chi connectivity index (χ2v) is 6.04. The van der Waals surface area contributed by atoms with Crippen molar-refractivity contribution >= 4 is 5.96 Å². The van der Waals surface area contributed by atoms with Gasteiger partial charge in [0.05, 0.1) is 18.2 Å². The normalized spacial score (nSPS) is 22.3. The lowest BCUT2D eigenvalue weighted by Gasteiger charge is -2.27. The zero-order valence-corrected chi connectivity index (χ0v) is 13.7. The molecule has 7 heteroatoms. The van der Waals surface area contributed by atoms with E-state index >= 15 is 0 Å². The average molecular weight is 343 g/mol. The van der Waals surface area contributed by atoms with Gasteiger partial charge in [-0.25, -0.2) is 4.99 Å². The number of aliphatic imine (C=N–C) groups is 1. The zero-order valence-electron chi connectivity index (χ0n) is 13.7. The van der Waals surface area contributed by atoms with E-state index < -0.39 is 11.7 Å². The number of hydrogen-bond acceptors (Lipinski definition) is 2. The van der Waals surface area contributed by atoms with Crippen LogP contribution in [0.1, 0.15) is 43.7 Å². The summed E-state index contributed by atoms with van der Waals surface area (Å²) in [6.07, 6.45) is -1.35. The molecule has 0 bridgehead atoms. The van der Waals surface area contributed by atoms with Gasteiger partial charge >= 0.3 is 6.18 Å². The van der Waals surface area contributed by atoms with Crippen LogP contribution in [-0.2, 0) is 12.7 Å². The molecule has 0 unspecified atom stereocenters. The fourth-order valence-electron chi connectivity index (χ4n) is 2.75. The molecule has 2 rings (SSSR count). The van der Waals surface area contributed by atoms with E-state index in [0.717, 1.165) is 37.8 Å². The lowest BCUT2D eigenvalue weighted by Crippen LogP contribution is -2.45. The van der Waals surface area contributed by atoms with Gasteiger partial charge in [0.25, 0.3) is 0 Å². The number of benzene rings is 1. The zero-order chi connectivity index (χ0) is 17.6. The van der Waals surface area contributed by atoms with Gasteiger partial charge in [-0.05, 0) is 50.3 Å². The Kier molecular flexibility index (Phi) is 6.48. The van der Waals surface area contributed by atoms with Crippen molar-refractivity contribution in [2.75, 3.05) is 6.54 Å². The van der Waals surface area contributed by atoms with Crippen molar-refractivity contribution in [3.05, 3.63) is 35.4 Å². The molecule has 134 valence electrons. The summed E-state index contributed by atoms with van der Waals surface area (Å²) >= 11 is 0. The average Bonchev–Trinajstić information content (AvgIpc) is 2.54. The maximum atomic E-state index is 12.7. The lowest BCUT2D eigenvalue weighted by molar-refractivity contribution is -0.137. The predicted molar refractivity (Wildman–Crippen MR) is 87.7 cm³/mol. The van der Waals surface area contributed by atoms with Gasteiger partial charge in [0, 0.05) is 12.6 Å². The number of alkyl halides is 3. The van der Waals surface area contributed by atoms with E-state index in [1.165, 1.54) is 6.07 Å². The molecular weight excluding hydrogens is 319 g/mol. The molecule has 1 aromatic rings. The first-order valence-corrected chi connectivity index (χ1v) is 8.27. The molecule has 0 amide bonds. The van der Waals surface area contributed by atoms with Crippen molar-refractivity contribution < 1.29 is 18.3 Å². The topological polar surface area (TPSA) is 56.7 Å². The summed E-state index contributed by atoms with van der Waals surface area (Å²) in [7, 11) is 0. The molecular formula is C17H24F3N3O. The number of rotatable bonds is 4. The Morgan fingerprint density at radius 3 is 2.58 bits per heavy atom. The Balaban J connectivity index is 2.00. The molecule has 0 heterocycles. The molecule has 0 aliphatic heterocycles. The van der Waals surface area contributed by atoms with Crippen LogP contribution >= 0.6 is 0 Å². The Morgan fingerprint density at radius 2 is 1.96 bits per heavy atom. The Hall–Kier alpha value is -1.76. The van der Waals surface area contributed by atoms with Gasteiger partial charge in [0.15, 0.2) is 5.96 Å². The first kappa shape index (κ1) is 18.6. The summed E-state index contributed by atoms with van der Waals surface area (Å²) in [6.45, 7) is 2.78. The number of aliphatic hydroxyl groups excluding tert-OH is 1. The number of halogens is 3. The first-order chi connectivity index (χ1) is 11.4. The van der Waals surface area contributed by atoms with E-state index in [9.17, 15) is 18.3 Å². The van der Waals surface area contributed by atoms with Crippen LogP contribution in [0.2, 0.25) is 0 Å². The molecule has 1 aliphatic rings. The van der Waals surface area contributed by atoms with Gasteiger partial charge in [0.1, 0.15) is 0 Å². The second kappa shape index (κ2) is 8.37. The minimum Gasteiger partial charge on any atom is -0.393 e. The van der Waals surface area contributed by atoms with Crippen molar-refractivity contribution in [2.24, 2.45) is 4.99 Å². The SMILES string of the molecule is CCNC(=NCc1cccc(C(F)(F)F)c1)NC1CCC(O)CC1. The van der Waals surface area contributed by atoms with Crippen LogP contribution < -0.4 is 10.6 Å². The molecule has 0 aromatic heterocycles. The van der Waals surface area contributed by atoms with Crippen LogP contribution in [0.5, 0.6) is 0 Å². The van der Waals surface area contributed by atoms with Gasteiger partial charge in [-0.15, -0.1) is 0 Å². The van der Waals surface area contributed by atoms with Crippen molar-refractivity contribution in [3.63, 3.8) is 0 Å². The molecule has 1 aliphatic carbocycles. The summed E-state index contributed by atoms with van der Waals surface area (Å²) in [5.41, 5.74) is -0.143. The fraction of sp³-hybridized carbons (Fsp3) is 0.588. The van der Waals surface area contributed by atoms with Crippen molar-refractivity contribution in [1.29, 1.82) is 0 Å². The number of nitrogens with one attached hydrogen (secondary N) is 2. The van der Waals surface area contributed by atoms with Crippen LogP contribution in [0.3, 0.4) is 0 Å². The molecule has 24 heavy (non-hydrogen) atoms. The smallest absolute Gasteiger partial charge is 0.393 e. The number of aliphatic hydroxyl groups is 1. The molecule has 0 atom stereocenters. The molecule has 0 spiro atoms. The van der Waals surface area contributed by atoms with Crippen molar-refractivity contribution in [2.45, 2.75) is 57.5 Å². The van der Waals surface area contributed by atoms with Crippen molar-refractivity contribution in [3.8, 4) is 0 Å². The first-order valence-electron chi connectivity index (χ1n) is 8.27. The van der Waals surface area contributed by atoms with E-state index in [2.05, 4.69) is 15.6 Å². The highest BCUT2D eigenvalue weighted by Gasteiger charge is 2.30. The van der Waals surface area contributed by atoms with Crippen LogP contribution in [0.4, 0.5) is 13.2 Å². The quantitative estimate of drug-likeness (QED) is 0.582. The Morgan fingerprint density at radius 1 is 1.25 bits per heavy atom. The highest BCUT2D eigenvalue weighted by atomic mass is 19.4. The third-order valence-electron chi connectivity index (χ3n) is 4.06. The van der Waals surface area contributed by atoms with Crippen LogP contribution in [0, 0.1) is 0 Å². The molecule has 0 radical (unpaired) electrons. The van der Waals surface area contributed by atoms with Gasteiger partial charge in [-0.3, -0.25) is 0 Å². The summed E-state index contributed by atoms with van der Waals surface area (Å²) < 4.78 is 38.2. The van der Waals surface area contributed by atoms with E-state index in [-0.39, 0.29) is 18.7 Å². The molecule has 0 saturated heterocycles. The number of hydrogen-bond donors (Lipinski definition) is 3. The van der Waals surface area contributed by atoms with Gasteiger partial charge in [0.2, 0.25) is 0 Å². The van der Waals surface area contributed by atoms with E-state index in [4.69, 9.17) is 0 Å². The Labute approximate surface area is 140 Å². The van der Waals surface area contributed by atoms with Crippen molar-refractivity contribution in [1.82, 2.24) is 10.6 Å². The van der Waals surface area contributed by atoms with Crippen LogP contribution in [0.15, 0.2) is 29.3 Å². The largest absolute Gasteiger partial charge is 0.416 e. The third-order valence-corrected chi connectivity index (χ3v) is 4.06. The molecule has 4 nitrogen and oxygen atoms in total. The number of guanidine groups is 1. The van der Waals surface area contributed by atoms with Crippen LogP contribution in [-0.4, -0.2) is 29.8 Å². The second-order valence-electron chi connectivity index (χ2n) is 6.04. The minimum atomic E-state index is -4.34. The van der Waals surface area contributed by atoms with E-state index in [1.807, 2.05) is 6.92 Å². The monoisotopic (exact) mass is 343 g/mol. The van der Waals surface area contributed by atoms with Gasteiger partial charge < -0.3 is 15.7 Å².